The molecule has 0 bridgehead atoms. The van der Waals surface area contributed by atoms with Gasteiger partial charge in [0, 0.05) is 6.54 Å². The van der Waals surface area contributed by atoms with Crippen LogP contribution in [-0.2, 0) is 4.74 Å². The minimum atomic E-state index is -4.25. The Morgan fingerprint density at radius 3 is 2.88 bits per heavy atom. The number of carbonyl (C=O) groups is 1. The summed E-state index contributed by atoms with van der Waals surface area (Å²) in [7, 11) is 0. The highest BCUT2D eigenvalue weighted by Gasteiger charge is 2.26. The van der Waals surface area contributed by atoms with Gasteiger partial charge in [-0.25, -0.2) is 4.79 Å². The summed E-state index contributed by atoms with van der Waals surface area (Å²) in [4.78, 5) is 14.8. The second kappa shape index (κ2) is 5.55. The minimum absolute atomic E-state index is 0.0821. The normalized spacial score (nSPS) is 11.3. The first-order valence-corrected chi connectivity index (χ1v) is 4.85. The van der Waals surface area contributed by atoms with Crippen LogP contribution in [-0.4, -0.2) is 30.3 Å². The van der Waals surface area contributed by atoms with E-state index in [0.29, 0.717) is 0 Å². The number of halogens is 3. The summed E-state index contributed by atoms with van der Waals surface area (Å²) in [6.07, 6.45) is -4.23. The summed E-state index contributed by atoms with van der Waals surface area (Å²) in [5.41, 5.74) is -0.0821. The topological polar surface area (TPSA) is 64.4 Å². The van der Waals surface area contributed by atoms with Gasteiger partial charge in [0.1, 0.15) is 6.26 Å². The Morgan fingerprint density at radius 2 is 2.29 bits per heavy atom. The summed E-state index contributed by atoms with van der Waals surface area (Å²) in [6, 6.07) is -0.141. The van der Waals surface area contributed by atoms with Gasteiger partial charge in [-0.05, 0) is 6.92 Å². The van der Waals surface area contributed by atoms with Crippen molar-refractivity contribution in [3.63, 3.8) is 0 Å². The van der Waals surface area contributed by atoms with Crippen molar-refractivity contribution in [1.29, 1.82) is 0 Å². The van der Waals surface area contributed by atoms with Crippen molar-refractivity contribution < 1.29 is 27.1 Å². The van der Waals surface area contributed by atoms with Crippen LogP contribution in [0.2, 0.25) is 0 Å². The number of esters is 1. The lowest BCUT2D eigenvalue weighted by Crippen LogP contribution is -2.14. The molecule has 1 aromatic heterocycles. The molecule has 96 valence electrons. The van der Waals surface area contributed by atoms with Gasteiger partial charge in [0.2, 0.25) is 0 Å². The van der Waals surface area contributed by atoms with Crippen LogP contribution in [0.25, 0.3) is 0 Å². The fourth-order valence-corrected chi connectivity index (χ4v) is 0.965. The second-order valence-corrected chi connectivity index (χ2v) is 3.05. The Hall–Kier alpha value is -1.73. The molecule has 0 aliphatic rings. The number of anilines is 1. The van der Waals surface area contributed by atoms with E-state index < -0.39 is 18.6 Å². The van der Waals surface area contributed by atoms with Gasteiger partial charge in [0.15, 0.2) is 5.69 Å². The molecule has 0 unspecified atom stereocenters. The number of oxazole rings is 1. The van der Waals surface area contributed by atoms with Crippen LogP contribution in [0.3, 0.4) is 0 Å². The molecule has 17 heavy (non-hydrogen) atoms. The zero-order valence-corrected chi connectivity index (χ0v) is 9.00. The quantitative estimate of drug-likeness (QED) is 0.814. The molecular weight excluding hydrogens is 241 g/mol. The molecular formula is C9H11F3N2O3. The lowest BCUT2D eigenvalue weighted by atomic mass is 10.4. The number of carbonyl (C=O) groups excluding carboxylic acids is 1. The molecule has 0 fully saturated rings. The maximum atomic E-state index is 11.8. The maximum Gasteiger partial charge on any atom is 0.390 e. The van der Waals surface area contributed by atoms with Crippen molar-refractivity contribution in [2.45, 2.75) is 19.5 Å². The second-order valence-electron chi connectivity index (χ2n) is 3.05. The lowest BCUT2D eigenvalue weighted by Gasteiger charge is -2.05. The molecule has 5 nitrogen and oxygen atoms in total. The number of rotatable bonds is 5. The van der Waals surface area contributed by atoms with E-state index in [1.807, 2.05) is 0 Å². The molecule has 0 aliphatic carbocycles. The minimum Gasteiger partial charge on any atom is -0.461 e. The summed E-state index contributed by atoms with van der Waals surface area (Å²) in [5.74, 6) is -0.680. The van der Waals surface area contributed by atoms with Crippen molar-refractivity contribution in [2.24, 2.45) is 0 Å². The summed E-state index contributed by atoms with van der Waals surface area (Å²) in [6.45, 7) is 1.44. The number of aromatic nitrogens is 1. The Bertz CT molecular complexity index is 376. The zero-order chi connectivity index (χ0) is 12.9. The van der Waals surface area contributed by atoms with E-state index in [9.17, 15) is 18.0 Å². The van der Waals surface area contributed by atoms with Gasteiger partial charge in [0.05, 0.1) is 13.0 Å². The van der Waals surface area contributed by atoms with E-state index in [2.05, 4.69) is 15.0 Å². The molecule has 1 aromatic rings. The summed E-state index contributed by atoms with van der Waals surface area (Å²) < 4.78 is 44.9. The van der Waals surface area contributed by atoms with E-state index in [0.717, 1.165) is 6.26 Å². The molecule has 0 radical (unpaired) electrons. The number of nitrogens with one attached hydrogen (secondary N) is 1. The first-order chi connectivity index (χ1) is 7.92. The summed E-state index contributed by atoms with van der Waals surface area (Å²) in [5, 5.41) is 2.31. The van der Waals surface area contributed by atoms with Crippen molar-refractivity contribution in [1.82, 2.24) is 4.98 Å². The van der Waals surface area contributed by atoms with Crippen molar-refractivity contribution in [3.05, 3.63) is 12.0 Å². The van der Waals surface area contributed by atoms with E-state index >= 15 is 0 Å². The molecule has 0 saturated carbocycles. The number of nitrogens with zero attached hydrogens (tertiary/aromatic N) is 1. The van der Waals surface area contributed by atoms with Gasteiger partial charge in [-0.1, -0.05) is 0 Å². The third kappa shape index (κ3) is 4.75. The van der Waals surface area contributed by atoms with E-state index in [-0.39, 0.29) is 24.9 Å². The van der Waals surface area contributed by atoms with Gasteiger partial charge in [-0.3, -0.25) is 0 Å². The molecule has 1 rings (SSSR count). The third-order valence-electron chi connectivity index (χ3n) is 1.67. The van der Waals surface area contributed by atoms with Crippen LogP contribution in [0.5, 0.6) is 0 Å². The van der Waals surface area contributed by atoms with Gasteiger partial charge >= 0.3 is 12.1 Å². The van der Waals surface area contributed by atoms with Gasteiger partial charge < -0.3 is 14.5 Å². The number of alkyl halides is 3. The molecule has 0 spiro atoms. The van der Waals surface area contributed by atoms with E-state index in [1.165, 1.54) is 0 Å². The average Bonchev–Trinajstić information content (AvgIpc) is 2.65. The number of hydrogen-bond donors (Lipinski definition) is 1. The highest BCUT2D eigenvalue weighted by molar-refractivity contribution is 5.87. The molecule has 1 N–H and O–H groups in total. The van der Waals surface area contributed by atoms with Crippen molar-refractivity contribution in [2.75, 3.05) is 18.5 Å². The lowest BCUT2D eigenvalue weighted by molar-refractivity contribution is -0.131. The largest absolute Gasteiger partial charge is 0.461 e. The zero-order valence-electron chi connectivity index (χ0n) is 9.00. The van der Waals surface area contributed by atoms with Gasteiger partial charge in [-0.15, -0.1) is 0 Å². The third-order valence-corrected chi connectivity index (χ3v) is 1.67. The Morgan fingerprint density at radius 1 is 1.59 bits per heavy atom. The highest BCUT2D eigenvalue weighted by Crippen LogP contribution is 2.19. The van der Waals surface area contributed by atoms with Crippen LogP contribution in [0.15, 0.2) is 10.7 Å². The van der Waals surface area contributed by atoms with Crippen LogP contribution in [0.1, 0.15) is 23.8 Å². The standard InChI is InChI=1S/C9H11F3N2O3/c1-2-16-7(15)6-5-17-8(14-6)13-4-3-9(10,11)12/h5H,2-4H2,1H3,(H,13,14). The van der Waals surface area contributed by atoms with E-state index in [1.54, 1.807) is 6.92 Å². The fraction of sp³-hybridized carbons (Fsp3) is 0.556. The molecule has 0 aliphatic heterocycles. The van der Waals surface area contributed by atoms with Crippen LogP contribution in [0, 0.1) is 0 Å². The fourth-order valence-electron chi connectivity index (χ4n) is 0.965. The van der Waals surface area contributed by atoms with Crippen molar-refractivity contribution >= 4 is 12.0 Å². The average molecular weight is 252 g/mol. The molecule has 0 aromatic carbocycles. The molecule has 0 atom stereocenters. The predicted molar refractivity (Wildman–Crippen MR) is 51.6 cm³/mol. The van der Waals surface area contributed by atoms with Gasteiger partial charge in [-0.2, -0.15) is 18.2 Å². The first kappa shape index (κ1) is 13.3. The predicted octanol–water partition coefficient (Wildman–Crippen LogP) is 2.22. The molecule has 8 heteroatoms. The Balaban J connectivity index is 2.43. The highest BCUT2D eigenvalue weighted by atomic mass is 19.4. The van der Waals surface area contributed by atoms with Crippen LogP contribution >= 0.6 is 0 Å². The van der Waals surface area contributed by atoms with Crippen LogP contribution < -0.4 is 5.32 Å². The monoisotopic (exact) mass is 252 g/mol. The van der Waals surface area contributed by atoms with E-state index in [4.69, 9.17) is 4.42 Å². The Kier molecular flexibility index (Phi) is 4.36. The van der Waals surface area contributed by atoms with Gasteiger partial charge in [0.25, 0.3) is 6.01 Å². The first-order valence-electron chi connectivity index (χ1n) is 4.85. The SMILES string of the molecule is CCOC(=O)c1coc(NCCC(F)(F)F)n1. The van der Waals surface area contributed by atoms with Crippen molar-refractivity contribution in [3.8, 4) is 0 Å². The number of ether oxygens (including phenoxy) is 1. The Labute approximate surface area is 95.0 Å². The number of hydrogen-bond acceptors (Lipinski definition) is 5. The molecule has 0 saturated heterocycles. The van der Waals surface area contributed by atoms with Crippen LogP contribution in [0.4, 0.5) is 19.2 Å². The summed E-state index contributed by atoms with van der Waals surface area (Å²) >= 11 is 0. The molecule has 1 heterocycles. The smallest absolute Gasteiger partial charge is 0.390 e. The molecule has 0 amide bonds. The maximum absolute atomic E-state index is 11.8.